The van der Waals surface area contributed by atoms with Gasteiger partial charge in [-0.25, -0.2) is 14.4 Å². The number of halogens is 2. The fraction of sp³-hybridized carbons (Fsp3) is 0.167. The lowest BCUT2D eigenvalue weighted by Gasteiger charge is -2.11. The number of hydrogen-bond donors (Lipinski definition) is 1. The molecule has 2 aromatic rings. The zero-order valence-corrected chi connectivity index (χ0v) is 10.4. The molecule has 0 aliphatic rings. The highest BCUT2D eigenvalue weighted by Gasteiger charge is 2.07. The minimum absolute atomic E-state index is 0.332. The van der Waals surface area contributed by atoms with Crippen LogP contribution in [0.15, 0.2) is 30.6 Å². The van der Waals surface area contributed by atoms with E-state index in [0.717, 1.165) is 18.0 Å². The molecule has 1 N–H and O–H groups in total. The van der Waals surface area contributed by atoms with Crippen molar-refractivity contribution in [3.63, 3.8) is 0 Å². The van der Waals surface area contributed by atoms with Gasteiger partial charge in [0.05, 0.1) is 19.5 Å². The summed E-state index contributed by atoms with van der Waals surface area (Å²) in [5, 5.41) is 3.54. The number of aromatic nitrogens is 2. The topological polar surface area (TPSA) is 47.0 Å². The fourth-order valence-electron chi connectivity index (χ4n) is 1.47. The van der Waals surface area contributed by atoms with Crippen LogP contribution in [0.3, 0.4) is 0 Å². The molecule has 6 heteroatoms. The van der Waals surface area contributed by atoms with Crippen LogP contribution in [0, 0.1) is 5.82 Å². The Bertz CT molecular complexity index is 533. The average Bonchev–Trinajstić information content (AvgIpc) is 2.39. The second-order valence-electron chi connectivity index (χ2n) is 3.50. The number of hydrogen-bond acceptors (Lipinski definition) is 4. The van der Waals surface area contributed by atoms with E-state index in [1.54, 1.807) is 19.2 Å². The van der Waals surface area contributed by atoms with Gasteiger partial charge in [-0.15, -0.1) is 0 Å². The molecule has 1 heterocycles. The summed E-state index contributed by atoms with van der Waals surface area (Å²) >= 11 is 6.08. The fourth-order valence-corrected chi connectivity index (χ4v) is 1.71. The Morgan fingerprint density at radius 2 is 2.06 bits per heavy atom. The third-order valence-electron chi connectivity index (χ3n) is 2.34. The standard InChI is InChI=1S/C12H11ClFN3O/c1-18-11-4-2-3-10(13)9(11)7-17-12-15-5-8(14)6-16-12/h2-6H,7H2,1H3,(H,15,16,17). The van der Waals surface area contributed by atoms with E-state index in [1.807, 2.05) is 6.07 Å². The first kappa shape index (κ1) is 12.6. The van der Waals surface area contributed by atoms with Crippen LogP contribution in [0.5, 0.6) is 5.75 Å². The summed E-state index contributed by atoms with van der Waals surface area (Å²) in [6.45, 7) is 0.397. The van der Waals surface area contributed by atoms with E-state index < -0.39 is 5.82 Å². The van der Waals surface area contributed by atoms with E-state index in [0.29, 0.717) is 23.3 Å². The SMILES string of the molecule is COc1cccc(Cl)c1CNc1ncc(F)cn1. The first-order valence-electron chi connectivity index (χ1n) is 5.23. The Morgan fingerprint density at radius 3 is 2.72 bits per heavy atom. The molecular weight excluding hydrogens is 257 g/mol. The molecule has 0 radical (unpaired) electrons. The van der Waals surface area contributed by atoms with Gasteiger partial charge in [0, 0.05) is 17.1 Å². The van der Waals surface area contributed by atoms with E-state index >= 15 is 0 Å². The van der Waals surface area contributed by atoms with Crippen molar-refractivity contribution in [3.05, 3.63) is 47.0 Å². The molecule has 0 unspecified atom stereocenters. The predicted molar refractivity (Wildman–Crippen MR) is 67.3 cm³/mol. The van der Waals surface area contributed by atoms with Gasteiger partial charge in [0.25, 0.3) is 0 Å². The third-order valence-corrected chi connectivity index (χ3v) is 2.69. The lowest BCUT2D eigenvalue weighted by Crippen LogP contribution is -2.05. The Morgan fingerprint density at radius 1 is 1.33 bits per heavy atom. The van der Waals surface area contributed by atoms with Crippen LogP contribution in [0.4, 0.5) is 10.3 Å². The minimum atomic E-state index is -0.476. The Balaban J connectivity index is 2.12. The maximum absolute atomic E-state index is 12.6. The highest BCUT2D eigenvalue weighted by Crippen LogP contribution is 2.26. The smallest absolute Gasteiger partial charge is 0.223 e. The lowest BCUT2D eigenvalue weighted by atomic mass is 10.2. The monoisotopic (exact) mass is 267 g/mol. The number of benzene rings is 1. The van der Waals surface area contributed by atoms with Crippen molar-refractivity contribution in [1.82, 2.24) is 9.97 Å². The summed E-state index contributed by atoms with van der Waals surface area (Å²) in [5.41, 5.74) is 0.801. The van der Waals surface area contributed by atoms with Crippen LogP contribution in [0.25, 0.3) is 0 Å². The molecule has 0 atom stereocenters. The van der Waals surface area contributed by atoms with E-state index in [4.69, 9.17) is 16.3 Å². The number of ether oxygens (including phenoxy) is 1. The molecule has 1 aromatic heterocycles. The van der Waals surface area contributed by atoms with E-state index in [-0.39, 0.29) is 0 Å². The number of nitrogens with zero attached hydrogens (tertiary/aromatic N) is 2. The molecule has 0 fully saturated rings. The Labute approximate surface area is 109 Å². The molecule has 0 spiro atoms. The van der Waals surface area contributed by atoms with E-state index in [2.05, 4.69) is 15.3 Å². The van der Waals surface area contributed by atoms with Crippen molar-refractivity contribution in [1.29, 1.82) is 0 Å². The summed E-state index contributed by atoms with van der Waals surface area (Å²) in [5.74, 6) is 0.534. The van der Waals surface area contributed by atoms with Crippen LogP contribution >= 0.6 is 11.6 Å². The second-order valence-corrected chi connectivity index (χ2v) is 3.91. The van der Waals surface area contributed by atoms with Crippen molar-refractivity contribution in [2.45, 2.75) is 6.54 Å². The molecule has 1 aromatic carbocycles. The summed E-state index contributed by atoms with van der Waals surface area (Å²) < 4.78 is 17.8. The maximum atomic E-state index is 12.6. The van der Waals surface area contributed by atoms with Gasteiger partial charge >= 0.3 is 0 Å². The number of anilines is 1. The number of nitrogens with one attached hydrogen (secondary N) is 1. The van der Waals surface area contributed by atoms with Gasteiger partial charge in [0.15, 0.2) is 5.82 Å². The zero-order chi connectivity index (χ0) is 13.0. The van der Waals surface area contributed by atoms with Crippen molar-refractivity contribution >= 4 is 17.5 Å². The molecular formula is C12H11ClFN3O. The second kappa shape index (κ2) is 5.64. The first-order valence-corrected chi connectivity index (χ1v) is 5.61. The van der Waals surface area contributed by atoms with Crippen molar-refractivity contribution in [2.75, 3.05) is 12.4 Å². The number of methoxy groups -OCH3 is 1. The van der Waals surface area contributed by atoms with Gasteiger partial charge in [0.1, 0.15) is 5.75 Å². The first-order chi connectivity index (χ1) is 8.70. The van der Waals surface area contributed by atoms with Gasteiger partial charge in [-0.3, -0.25) is 0 Å². The molecule has 0 saturated heterocycles. The average molecular weight is 268 g/mol. The van der Waals surface area contributed by atoms with Gasteiger partial charge in [-0.1, -0.05) is 17.7 Å². The molecule has 0 aliphatic heterocycles. The molecule has 18 heavy (non-hydrogen) atoms. The van der Waals surface area contributed by atoms with Gasteiger partial charge < -0.3 is 10.1 Å². The molecule has 4 nitrogen and oxygen atoms in total. The Hall–Kier alpha value is -1.88. The van der Waals surface area contributed by atoms with Gasteiger partial charge in [-0.2, -0.15) is 0 Å². The highest BCUT2D eigenvalue weighted by atomic mass is 35.5. The summed E-state index contributed by atoms with van der Waals surface area (Å²) in [6, 6.07) is 5.39. The van der Waals surface area contributed by atoms with E-state index in [1.165, 1.54) is 0 Å². The predicted octanol–water partition coefficient (Wildman–Crippen LogP) is 2.89. The highest BCUT2D eigenvalue weighted by molar-refractivity contribution is 6.31. The van der Waals surface area contributed by atoms with E-state index in [9.17, 15) is 4.39 Å². The van der Waals surface area contributed by atoms with Crippen LogP contribution in [0.2, 0.25) is 5.02 Å². The van der Waals surface area contributed by atoms with Crippen LogP contribution in [-0.2, 0) is 6.54 Å². The van der Waals surface area contributed by atoms with Crippen molar-refractivity contribution in [2.24, 2.45) is 0 Å². The summed E-state index contributed by atoms with van der Waals surface area (Å²) in [4.78, 5) is 7.59. The summed E-state index contributed by atoms with van der Waals surface area (Å²) in [7, 11) is 1.57. The summed E-state index contributed by atoms with van der Waals surface area (Å²) in [6.07, 6.45) is 2.19. The molecule has 0 bridgehead atoms. The molecule has 0 amide bonds. The molecule has 94 valence electrons. The third kappa shape index (κ3) is 2.87. The zero-order valence-electron chi connectivity index (χ0n) is 9.65. The van der Waals surface area contributed by atoms with Crippen LogP contribution in [0.1, 0.15) is 5.56 Å². The van der Waals surface area contributed by atoms with Crippen LogP contribution in [-0.4, -0.2) is 17.1 Å². The van der Waals surface area contributed by atoms with Crippen molar-refractivity contribution in [3.8, 4) is 5.75 Å². The number of rotatable bonds is 4. The van der Waals surface area contributed by atoms with Crippen LogP contribution < -0.4 is 10.1 Å². The largest absolute Gasteiger partial charge is 0.496 e. The lowest BCUT2D eigenvalue weighted by molar-refractivity contribution is 0.410. The Kier molecular flexibility index (Phi) is 3.94. The molecule has 2 rings (SSSR count). The quantitative estimate of drug-likeness (QED) is 0.925. The molecule has 0 aliphatic carbocycles. The normalized spacial score (nSPS) is 10.2. The maximum Gasteiger partial charge on any atom is 0.223 e. The van der Waals surface area contributed by atoms with Gasteiger partial charge in [0.2, 0.25) is 5.95 Å². The van der Waals surface area contributed by atoms with Crippen molar-refractivity contribution < 1.29 is 9.13 Å². The van der Waals surface area contributed by atoms with Gasteiger partial charge in [-0.05, 0) is 12.1 Å². The molecule has 0 saturated carbocycles. The minimum Gasteiger partial charge on any atom is -0.496 e.